The van der Waals surface area contributed by atoms with Crippen LogP contribution < -0.4 is 15.5 Å². The Morgan fingerprint density at radius 3 is 2.39 bits per heavy atom. The van der Waals surface area contributed by atoms with Crippen molar-refractivity contribution >= 4 is 57.0 Å². The minimum atomic E-state index is -0.284. The SMILES string of the molecule is C=CC(=CCC(C)(CC)CC)c1ccc(C(=O)Nc2[nH]c3cc(N(C)C(=O)C4CCCCC4)ccc3c2C(=O)NC2CC2)s1. The Bertz CT molecular complexity index is 1570. The molecular weight excluding hydrogens is 568 g/mol. The molecule has 0 unspecified atom stereocenters. The molecule has 0 bridgehead atoms. The second kappa shape index (κ2) is 13.6. The number of aromatic nitrogens is 1. The number of hydrogen-bond acceptors (Lipinski definition) is 4. The predicted octanol–water partition coefficient (Wildman–Crippen LogP) is 8.70. The third kappa shape index (κ3) is 7.01. The predicted molar refractivity (Wildman–Crippen MR) is 183 cm³/mol. The number of H-pyrrole nitrogens is 1. The Labute approximate surface area is 265 Å². The van der Waals surface area contributed by atoms with Crippen LogP contribution in [0.25, 0.3) is 16.5 Å². The summed E-state index contributed by atoms with van der Waals surface area (Å²) in [6.07, 6.45) is 14.4. The monoisotopic (exact) mass is 614 g/mol. The second-order valence-corrected chi connectivity index (χ2v) is 13.9. The summed E-state index contributed by atoms with van der Waals surface area (Å²) < 4.78 is 0. The molecule has 8 heteroatoms. The first-order valence-corrected chi connectivity index (χ1v) is 17.0. The molecule has 0 saturated heterocycles. The van der Waals surface area contributed by atoms with E-state index in [-0.39, 0.29) is 35.1 Å². The minimum absolute atomic E-state index is 0.0535. The third-order valence-corrected chi connectivity index (χ3v) is 10.8. The van der Waals surface area contributed by atoms with E-state index in [0.29, 0.717) is 27.2 Å². The maximum Gasteiger partial charge on any atom is 0.266 e. The van der Waals surface area contributed by atoms with Crippen LogP contribution in [0.1, 0.15) is 110 Å². The largest absolute Gasteiger partial charge is 0.349 e. The first kappa shape index (κ1) is 31.8. The summed E-state index contributed by atoms with van der Waals surface area (Å²) in [5, 5.41) is 6.77. The van der Waals surface area contributed by atoms with E-state index in [9.17, 15) is 14.4 Å². The number of nitrogens with zero attached hydrogens (tertiary/aromatic N) is 1. The van der Waals surface area contributed by atoms with Crippen molar-refractivity contribution in [3.63, 3.8) is 0 Å². The molecule has 1 aromatic carbocycles. The molecule has 0 radical (unpaired) electrons. The van der Waals surface area contributed by atoms with E-state index in [0.717, 1.165) is 73.9 Å². The first-order chi connectivity index (χ1) is 21.2. The van der Waals surface area contributed by atoms with Gasteiger partial charge in [0.15, 0.2) is 0 Å². The molecule has 2 aliphatic carbocycles. The molecule has 3 aromatic rings. The molecule has 0 atom stereocenters. The molecule has 234 valence electrons. The lowest BCUT2D eigenvalue weighted by Gasteiger charge is -2.26. The molecule has 0 spiro atoms. The number of aromatic amines is 1. The van der Waals surface area contributed by atoms with Gasteiger partial charge in [-0.3, -0.25) is 14.4 Å². The van der Waals surface area contributed by atoms with Gasteiger partial charge in [-0.05, 0) is 73.4 Å². The van der Waals surface area contributed by atoms with E-state index in [1.165, 1.54) is 17.8 Å². The van der Waals surface area contributed by atoms with Gasteiger partial charge in [-0.25, -0.2) is 0 Å². The highest BCUT2D eigenvalue weighted by molar-refractivity contribution is 7.15. The van der Waals surface area contributed by atoms with Gasteiger partial charge in [-0.2, -0.15) is 0 Å². The summed E-state index contributed by atoms with van der Waals surface area (Å²) in [7, 11) is 1.82. The number of anilines is 2. The van der Waals surface area contributed by atoms with Crippen LogP contribution >= 0.6 is 11.3 Å². The van der Waals surface area contributed by atoms with Crippen molar-refractivity contribution in [3.05, 3.63) is 64.4 Å². The quantitative estimate of drug-likeness (QED) is 0.178. The van der Waals surface area contributed by atoms with Crippen LogP contribution in [0, 0.1) is 11.3 Å². The summed E-state index contributed by atoms with van der Waals surface area (Å²) in [4.78, 5) is 46.7. The van der Waals surface area contributed by atoms with Crippen molar-refractivity contribution < 1.29 is 14.4 Å². The molecule has 44 heavy (non-hydrogen) atoms. The maximum atomic E-state index is 13.5. The number of nitrogens with one attached hydrogen (secondary N) is 3. The molecule has 2 aromatic heterocycles. The molecular formula is C36H46N4O3S. The van der Waals surface area contributed by atoms with Crippen LogP contribution in [0.2, 0.25) is 0 Å². The fourth-order valence-corrected chi connectivity index (χ4v) is 6.87. The molecule has 7 nitrogen and oxygen atoms in total. The summed E-state index contributed by atoms with van der Waals surface area (Å²) >= 11 is 1.41. The van der Waals surface area contributed by atoms with Gasteiger partial charge in [0.05, 0.1) is 10.4 Å². The molecule has 2 fully saturated rings. The lowest BCUT2D eigenvalue weighted by molar-refractivity contribution is -0.123. The van der Waals surface area contributed by atoms with Crippen molar-refractivity contribution in [2.45, 2.75) is 91.0 Å². The highest BCUT2D eigenvalue weighted by Gasteiger charge is 2.29. The number of hydrogen-bond donors (Lipinski definition) is 3. The second-order valence-electron chi connectivity index (χ2n) is 12.8. The summed E-state index contributed by atoms with van der Waals surface area (Å²) in [6.45, 7) is 10.8. The number of carbonyl (C=O) groups excluding carboxylic acids is 3. The van der Waals surface area contributed by atoms with Crippen LogP contribution in [0.5, 0.6) is 0 Å². The zero-order valence-electron chi connectivity index (χ0n) is 26.6. The number of carbonyl (C=O) groups is 3. The number of rotatable bonds is 12. The number of amides is 3. The lowest BCUT2D eigenvalue weighted by atomic mass is 9.81. The van der Waals surface area contributed by atoms with Crippen molar-refractivity contribution in [3.8, 4) is 0 Å². The first-order valence-electron chi connectivity index (χ1n) is 16.1. The number of benzene rings is 1. The summed E-state index contributed by atoms with van der Waals surface area (Å²) in [5.41, 5.74) is 3.12. The zero-order chi connectivity index (χ0) is 31.4. The van der Waals surface area contributed by atoms with Crippen LogP contribution in [0.4, 0.5) is 11.5 Å². The Balaban J connectivity index is 1.40. The Hall–Kier alpha value is -3.65. The maximum absolute atomic E-state index is 13.5. The zero-order valence-corrected chi connectivity index (χ0v) is 27.4. The molecule has 5 rings (SSSR count). The van der Waals surface area contributed by atoms with Gasteiger partial charge in [0.25, 0.3) is 11.8 Å². The standard InChI is InChI=1S/C36H46N4O3S/c1-6-23(20-21-36(4,7-2)8-3)29-18-19-30(44-29)33(41)39-32-31(34(42)37-25-14-15-25)27-17-16-26(22-28(27)38-32)40(5)35(43)24-12-10-9-11-13-24/h6,16-20,22,24-25,38H,1,7-15,21H2,2-5H3,(H,37,42)(H,39,41). The van der Waals surface area contributed by atoms with E-state index in [1.807, 2.05) is 43.5 Å². The van der Waals surface area contributed by atoms with Gasteiger partial charge in [-0.15, -0.1) is 11.3 Å². The minimum Gasteiger partial charge on any atom is -0.349 e. The number of allylic oxidation sites excluding steroid dienone is 3. The van der Waals surface area contributed by atoms with Crippen molar-refractivity contribution in [2.75, 3.05) is 17.3 Å². The number of thiophene rings is 1. The van der Waals surface area contributed by atoms with Gasteiger partial charge in [0.1, 0.15) is 5.82 Å². The molecule has 2 heterocycles. The molecule has 3 amide bonds. The summed E-state index contributed by atoms with van der Waals surface area (Å²) in [5.74, 6) is 0.0437. The molecule has 2 saturated carbocycles. The van der Waals surface area contributed by atoms with Gasteiger partial charge in [0, 0.05) is 40.5 Å². The van der Waals surface area contributed by atoms with Crippen LogP contribution in [0.3, 0.4) is 0 Å². The van der Waals surface area contributed by atoms with E-state index in [2.05, 4.69) is 49.0 Å². The van der Waals surface area contributed by atoms with Crippen molar-refractivity contribution in [1.29, 1.82) is 0 Å². The van der Waals surface area contributed by atoms with E-state index in [1.54, 1.807) is 4.90 Å². The third-order valence-electron chi connectivity index (χ3n) is 9.69. The van der Waals surface area contributed by atoms with Crippen LogP contribution in [-0.4, -0.2) is 35.8 Å². The molecule has 3 N–H and O–H groups in total. The smallest absolute Gasteiger partial charge is 0.266 e. The van der Waals surface area contributed by atoms with Gasteiger partial charge in [0.2, 0.25) is 5.91 Å². The Morgan fingerprint density at radius 1 is 1.02 bits per heavy atom. The van der Waals surface area contributed by atoms with Crippen LogP contribution in [0.15, 0.2) is 49.1 Å². The van der Waals surface area contributed by atoms with E-state index < -0.39 is 0 Å². The van der Waals surface area contributed by atoms with Gasteiger partial charge in [-0.1, -0.05) is 71.6 Å². The average molecular weight is 615 g/mol. The molecule has 2 aliphatic rings. The van der Waals surface area contributed by atoms with E-state index >= 15 is 0 Å². The van der Waals surface area contributed by atoms with Crippen molar-refractivity contribution in [2.24, 2.45) is 11.3 Å². The fraction of sp³-hybridized carbons (Fsp3) is 0.472. The number of fused-ring (bicyclic) bond motifs is 1. The van der Waals surface area contributed by atoms with Crippen LogP contribution in [-0.2, 0) is 4.79 Å². The highest BCUT2D eigenvalue weighted by atomic mass is 32.1. The average Bonchev–Trinajstić information content (AvgIpc) is 3.58. The normalized spacial score (nSPS) is 16.1. The van der Waals surface area contributed by atoms with Gasteiger partial charge >= 0.3 is 0 Å². The lowest BCUT2D eigenvalue weighted by Crippen LogP contribution is -2.33. The Morgan fingerprint density at radius 2 is 1.73 bits per heavy atom. The summed E-state index contributed by atoms with van der Waals surface area (Å²) in [6, 6.07) is 9.59. The van der Waals surface area contributed by atoms with E-state index in [4.69, 9.17) is 0 Å². The highest BCUT2D eigenvalue weighted by Crippen LogP contribution is 2.35. The molecule has 0 aliphatic heterocycles. The van der Waals surface area contributed by atoms with Crippen molar-refractivity contribution in [1.82, 2.24) is 10.3 Å². The van der Waals surface area contributed by atoms with Gasteiger partial charge < -0.3 is 20.5 Å². The Kier molecular flexibility index (Phi) is 9.78. The fourth-order valence-electron chi connectivity index (χ4n) is 5.93. The topological polar surface area (TPSA) is 94.3 Å².